The quantitative estimate of drug-likeness (QED) is 0.918. The molecule has 1 aliphatic rings. The van der Waals surface area contributed by atoms with Crippen LogP contribution in [0.2, 0.25) is 5.02 Å². The summed E-state index contributed by atoms with van der Waals surface area (Å²) in [4.78, 5) is 21.6. The van der Waals surface area contributed by atoms with Crippen LogP contribution in [-0.4, -0.2) is 34.1 Å². The molecule has 1 atom stereocenters. The van der Waals surface area contributed by atoms with Gasteiger partial charge < -0.3 is 14.7 Å². The van der Waals surface area contributed by atoms with Crippen LogP contribution >= 0.6 is 11.6 Å². The molecule has 1 fully saturated rings. The Morgan fingerprint density at radius 1 is 1.57 bits per heavy atom. The van der Waals surface area contributed by atoms with E-state index in [4.69, 9.17) is 16.1 Å². The van der Waals surface area contributed by atoms with Gasteiger partial charge in [0.05, 0.1) is 11.6 Å². The van der Waals surface area contributed by atoms with E-state index in [9.17, 15) is 9.18 Å². The van der Waals surface area contributed by atoms with E-state index >= 15 is 0 Å². The molecule has 2 aromatic rings. The molecule has 2 aromatic heterocycles. The van der Waals surface area contributed by atoms with Crippen molar-refractivity contribution in [3.63, 3.8) is 0 Å². The lowest BCUT2D eigenvalue weighted by molar-refractivity contribution is -0.120. The van der Waals surface area contributed by atoms with Crippen LogP contribution in [0.15, 0.2) is 16.8 Å². The van der Waals surface area contributed by atoms with Gasteiger partial charge in [0.1, 0.15) is 5.54 Å². The molecule has 0 bridgehead atoms. The molecule has 1 N–H and O–H groups in total. The van der Waals surface area contributed by atoms with Crippen LogP contribution < -0.4 is 10.2 Å². The van der Waals surface area contributed by atoms with E-state index in [1.54, 1.807) is 11.8 Å². The molecule has 0 radical (unpaired) electrons. The lowest BCUT2D eigenvalue weighted by Crippen LogP contribution is -2.48. The van der Waals surface area contributed by atoms with Crippen molar-refractivity contribution in [2.45, 2.75) is 25.8 Å². The molecule has 0 saturated carbocycles. The summed E-state index contributed by atoms with van der Waals surface area (Å²) in [5.74, 6) is 0.224. The fourth-order valence-electron chi connectivity index (χ4n) is 2.80. The topological polar surface area (TPSA) is 84.2 Å². The summed E-state index contributed by atoms with van der Waals surface area (Å²) in [6, 6.07) is 1.21. The standard InChI is InChI=1S/C14H15ClFN5O2/c1-8(22)19-14(13-18-9(2)23-20-13)3-4-21(7-14)12-11(16)5-10(15)6-17-12/h5-6H,3-4,7H2,1-2H3,(H,19,22)/t14-/m0/s1. The van der Waals surface area contributed by atoms with Crippen molar-refractivity contribution in [1.82, 2.24) is 20.4 Å². The second kappa shape index (κ2) is 5.77. The number of aromatic nitrogens is 3. The zero-order chi connectivity index (χ0) is 16.6. The maximum absolute atomic E-state index is 14.1. The summed E-state index contributed by atoms with van der Waals surface area (Å²) in [6.07, 6.45) is 1.90. The molecule has 1 amide bonds. The van der Waals surface area contributed by atoms with E-state index in [0.29, 0.717) is 24.7 Å². The normalized spacial score (nSPS) is 20.8. The van der Waals surface area contributed by atoms with Gasteiger partial charge >= 0.3 is 0 Å². The van der Waals surface area contributed by atoms with Gasteiger partial charge in [0.25, 0.3) is 0 Å². The molecule has 1 saturated heterocycles. The number of hydrogen-bond donors (Lipinski definition) is 1. The number of carbonyl (C=O) groups is 1. The fourth-order valence-corrected chi connectivity index (χ4v) is 2.95. The molecular formula is C14H15ClFN5O2. The molecule has 0 aliphatic carbocycles. The molecule has 7 nitrogen and oxygen atoms in total. The molecule has 122 valence electrons. The Labute approximate surface area is 136 Å². The van der Waals surface area contributed by atoms with Crippen LogP contribution in [0.1, 0.15) is 25.1 Å². The van der Waals surface area contributed by atoms with Crippen LogP contribution in [0.3, 0.4) is 0 Å². The first kappa shape index (κ1) is 15.7. The number of nitrogens with zero attached hydrogens (tertiary/aromatic N) is 4. The first-order valence-corrected chi connectivity index (χ1v) is 7.43. The summed E-state index contributed by atoms with van der Waals surface area (Å²) >= 11 is 5.74. The second-order valence-corrected chi connectivity index (χ2v) is 5.97. The predicted molar refractivity (Wildman–Crippen MR) is 80.6 cm³/mol. The van der Waals surface area contributed by atoms with Crippen LogP contribution in [0.25, 0.3) is 0 Å². The van der Waals surface area contributed by atoms with Gasteiger partial charge in [-0.05, 0) is 12.5 Å². The minimum Gasteiger partial charge on any atom is -0.351 e. The van der Waals surface area contributed by atoms with Crippen molar-refractivity contribution in [2.24, 2.45) is 0 Å². The van der Waals surface area contributed by atoms with Crippen molar-refractivity contribution >= 4 is 23.3 Å². The molecule has 1 aliphatic heterocycles. The third kappa shape index (κ3) is 2.98. The molecular weight excluding hydrogens is 325 g/mol. The SMILES string of the molecule is CC(=O)N[C@@]1(c2noc(C)n2)CCN(c2ncc(Cl)cc2F)C1. The Kier molecular flexibility index (Phi) is 3.93. The number of nitrogens with one attached hydrogen (secondary N) is 1. The summed E-state index contributed by atoms with van der Waals surface area (Å²) in [5.41, 5.74) is -0.836. The van der Waals surface area contributed by atoms with Gasteiger partial charge in [-0.1, -0.05) is 16.8 Å². The molecule has 0 unspecified atom stereocenters. The van der Waals surface area contributed by atoms with E-state index in [-0.39, 0.29) is 23.3 Å². The maximum Gasteiger partial charge on any atom is 0.223 e. The van der Waals surface area contributed by atoms with Gasteiger partial charge in [-0.2, -0.15) is 4.98 Å². The summed E-state index contributed by atoms with van der Waals surface area (Å²) in [5, 5.41) is 7.03. The Morgan fingerprint density at radius 3 is 2.96 bits per heavy atom. The average Bonchev–Trinajstić information content (AvgIpc) is 3.06. The minimum absolute atomic E-state index is 0.182. The highest BCUT2D eigenvalue weighted by Crippen LogP contribution is 2.34. The maximum atomic E-state index is 14.1. The number of hydrogen-bond acceptors (Lipinski definition) is 6. The fraction of sp³-hybridized carbons (Fsp3) is 0.429. The Hall–Kier alpha value is -2.22. The van der Waals surface area contributed by atoms with Gasteiger partial charge in [0.2, 0.25) is 11.8 Å². The minimum atomic E-state index is -0.836. The van der Waals surface area contributed by atoms with Gasteiger partial charge in [-0.3, -0.25) is 4.79 Å². The Bertz CT molecular complexity index is 753. The van der Waals surface area contributed by atoms with Crippen molar-refractivity contribution in [3.05, 3.63) is 34.8 Å². The van der Waals surface area contributed by atoms with Crippen molar-refractivity contribution < 1.29 is 13.7 Å². The van der Waals surface area contributed by atoms with Gasteiger partial charge in [0, 0.05) is 26.6 Å². The first-order chi connectivity index (χ1) is 10.9. The van der Waals surface area contributed by atoms with E-state index in [1.807, 2.05) is 0 Å². The summed E-state index contributed by atoms with van der Waals surface area (Å²) in [7, 11) is 0. The van der Waals surface area contributed by atoms with Crippen LogP contribution in [0.5, 0.6) is 0 Å². The Morgan fingerprint density at radius 2 is 2.35 bits per heavy atom. The van der Waals surface area contributed by atoms with Crippen LogP contribution in [-0.2, 0) is 10.3 Å². The van der Waals surface area contributed by atoms with Crippen molar-refractivity contribution in [1.29, 1.82) is 0 Å². The van der Waals surface area contributed by atoms with Gasteiger partial charge in [-0.15, -0.1) is 0 Å². The summed E-state index contributed by atoms with van der Waals surface area (Å²) in [6.45, 7) is 3.86. The summed E-state index contributed by atoms with van der Waals surface area (Å²) < 4.78 is 19.1. The van der Waals surface area contributed by atoms with E-state index < -0.39 is 11.4 Å². The zero-order valence-electron chi connectivity index (χ0n) is 12.6. The molecule has 9 heteroatoms. The van der Waals surface area contributed by atoms with E-state index in [2.05, 4.69) is 20.4 Å². The number of halogens is 2. The largest absolute Gasteiger partial charge is 0.351 e. The van der Waals surface area contributed by atoms with Crippen molar-refractivity contribution in [2.75, 3.05) is 18.0 Å². The number of rotatable bonds is 3. The number of aryl methyl sites for hydroxylation is 1. The predicted octanol–water partition coefficient (Wildman–Crippen LogP) is 1.81. The number of anilines is 1. The lowest BCUT2D eigenvalue weighted by atomic mass is 9.97. The smallest absolute Gasteiger partial charge is 0.223 e. The average molecular weight is 340 g/mol. The third-order valence-electron chi connectivity index (χ3n) is 3.73. The van der Waals surface area contributed by atoms with Gasteiger partial charge in [-0.25, -0.2) is 9.37 Å². The lowest BCUT2D eigenvalue weighted by Gasteiger charge is -2.27. The highest BCUT2D eigenvalue weighted by Gasteiger charge is 2.45. The van der Waals surface area contributed by atoms with Crippen LogP contribution in [0, 0.1) is 12.7 Å². The van der Waals surface area contributed by atoms with E-state index in [1.165, 1.54) is 19.2 Å². The number of amides is 1. The number of pyridine rings is 1. The molecule has 0 aromatic carbocycles. The highest BCUT2D eigenvalue weighted by atomic mass is 35.5. The second-order valence-electron chi connectivity index (χ2n) is 5.53. The molecule has 23 heavy (non-hydrogen) atoms. The van der Waals surface area contributed by atoms with Crippen LogP contribution in [0.4, 0.5) is 10.2 Å². The molecule has 0 spiro atoms. The van der Waals surface area contributed by atoms with E-state index in [0.717, 1.165) is 0 Å². The zero-order valence-corrected chi connectivity index (χ0v) is 13.4. The monoisotopic (exact) mass is 339 g/mol. The third-order valence-corrected chi connectivity index (χ3v) is 3.93. The van der Waals surface area contributed by atoms with Gasteiger partial charge in [0.15, 0.2) is 17.5 Å². The Balaban J connectivity index is 1.93. The molecule has 3 rings (SSSR count). The number of carbonyl (C=O) groups excluding carboxylic acids is 1. The molecule has 3 heterocycles. The van der Waals surface area contributed by atoms with Crippen molar-refractivity contribution in [3.8, 4) is 0 Å². The highest BCUT2D eigenvalue weighted by molar-refractivity contribution is 6.30. The first-order valence-electron chi connectivity index (χ1n) is 7.05.